The molecule has 2 rings (SSSR count). The van der Waals surface area contributed by atoms with Gasteiger partial charge < -0.3 is 20.5 Å². The number of hydrogen-bond acceptors (Lipinski definition) is 8. The van der Waals surface area contributed by atoms with Crippen LogP contribution in [0.2, 0.25) is 0 Å². The van der Waals surface area contributed by atoms with Gasteiger partial charge in [0.05, 0.1) is 23.4 Å². The number of anilines is 3. The molecule has 0 unspecified atom stereocenters. The van der Waals surface area contributed by atoms with Crippen LogP contribution in [0.3, 0.4) is 0 Å². The lowest BCUT2D eigenvalue weighted by atomic mass is 10.4. The predicted molar refractivity (Wildman–Crippen MR) is 83.1 cm³/mol. The van der Waals surface area contributed by atoms with Crippen molar-refractivity contribution in [1.82, 2.24) is 15.0 Å². The highest BCUT2D eigenvalue weighted by atomic mass is 32.2. The number of nitrogen functional groups attached to an aromatic ring is 1. The summed E-state index contributed by atoms with van der Waals surface area (Å²) in [5.74, 6) is 1.42. The van der Waals surface area contributed by atoms with Crippen molar-refractivity contribution in [3.8, 4) is 5.88 Å². The molecule has 112 valence electrons. The van der Waals surface area contributed by atoms with Gasteiger partial charge in [-0.05, 0) is 12.3 Å². The standard InChI is InChI=1S/C13H17N5O2S/c1-19-5-6-20-11-4-3-9(7-15-11)17-13-16-8-10(21-2)12(14)18-13/h3-4,7-8H,5-6H2,1-2H3,(H3,14,16,17,18). The molecule has 3 N–H and O–H groups in total. The van der Waals surface area contributed by atoms with Gasteiger partial charge in [-0.15, -0.1) is 11.8 Å². The Labute approximate surface area is 127 Å². The first-order valence-corrected chi connectivity index (χ1v) is 7.46. The van der Waals surface area contributed by atoms with Crippen LogP contribution in [0.5, 0.6) is 5.88 Å². The largest absolute Gasteiger partial charge is 0.475 e. The maximum absolute atomic E-state index is 5.82. The van der Waals surface area contributed by atoms with Crippen molar-refractivity contribution in [2.75, 3.05) is 37.6 Å². The minimum atomic E-state index is 0.431. The van der Waals surface area contributed by atoms with E-state index in [4.69, 9.17) is 15.2 Å². The van der Waals surface area contributed by atoms with Gasteiger partial charge in [-0.3, -0.25) is 0 Å². The number of ether oxygens (including phenoxy) is 2. The Morgan fingerprint density at radius 3 is 2.71 bits per heavy atom. The van der Waals surface area contributed by atoms with Gasteiger partial charge in [-0.1, -0.05) is 0 Å². The van der Waals surface area contributed by atoms with Gasteiger partial charge in [-0.25, -0.2) is 9.97 Å². The number of rotatable bonds is 7. The molecule has 2 aromatic heterocycles. The zero-order valence-electron chi connectivity index (χ0n) is 11.9. The fraction of sp³-hybridized carbons (Fsp3) is 0.308. The molecule has 0 aliphatic rings. The maximum Gasteiger partial charge on any atom is 0.229 e. The third-order valence-corrected chi connectivity index (χ3v) is 3.29. The lowest BCUT2D eigenvalue weighted by Gasteiger charge is -2.08. The number of nitrogens with one attached hydrogen (secondary N) is 1. The number of nitrogens with zero attached hydrogens (tertiary/aromatic N) is 3. The van der Waals surface area contributed by atoms with Gasteiger partial charge in [-0.2, -0.15) is 4.98 Å². The number of hydrogen-bond donors (Lipinski definition) is 2. The third kappa shape index (κ3) is 4.47. The highest BCUT2D eigenvalue weighted by Crippen LogP contribution is 2.22. The first-order chi connectivity index (χ1) is 10.2. The molecule has 0 bridgehead atoms. The third-order valence-electron chi connectivity index (χ3n) is 2.53. The van der Waals surface area contributed by atoms with Crippen LogP contribution < -0.4 is 15.8 Å². The van der Waals surface area contributed by atoms with E-state index in [2.05, 4.69) is 20.3 Å². The first kappa shape index (κ1) is 15.3. The monoisotopic (exact) mass is 307 g/mol. The Kier molecular flexibility index (Phi) is 5.59. The van der Waals surface area contributed by atoms with E-state index < -0.39 is 0 Å². The van der Waals surface area contributed by atoms with Crippen LogP contribution in [-0.2, 0) is 4.74 Å². The summed E-state index contributed by atoms with van der Waals surface area (Å²) in [6, 6.07) is 3.59. The molecular formula is C13H17N5O2S. The van der Waals surface area contributed by atoms with Crippen LogP contribution in [0, 0.1) is 0 Å². The van der Waals surface area contributed by atoms with Crippen molar-refractivity contribution in [3.05, 3.63) is 24.5 Å². The van der Waals surface area contributed by atoms with Crippen LogP contribution >= 0.6 is 11.8 Å². The molecule has 0 amide bonds. The van der Waals surface area contributed by atoms with Gasteiger partial charge in [0, 0.05) is 19.4 Å². The Bertz CT molecular complexity index is 579. The summed E-state index contributed by atoms with van der Waals surface area (Å²) in [7, 11) is 1.62. The maximum atomic E-state index is 5.82. The van der Waals surface area contributed by atoms with Crippen molar-refractivity contribution in [3.63, 3.8) is 0 Å². The molecule has 21 heavy (non-hydrogen) atoms. The Hall–Kier alpha value is -2.06. The number of methoxy groups -OCH3 is 1. The molecule has 0 radical (unpaired) electrons. The van der Waals surface area contributed by atoms with Crippen LogP contribution in [0.25, 0.3) is 0 Å². The molecule has 0 atom stereocenters. The van der Waals surface area contributed by atoms with Crippen LogP contribution in [0.15, 0.2) is 29.4 Å². The van der Waals surface area contributed by atoms with Gasteiger partial charge in [0.25, 0.3) is 0 Å². The Balaban J connectivity index is 1.98. The SMILES string of the molecule is COCCOc1ccc(Nc2ncc(SC)c(N)n2)cn1. The van der Waals surface area contributed by atoms with Gasteiger partial charge in [0.1, 0.15) is 12.4 Å². The van der Waals surface area contributed by atoms with Gasteiger partial charge in [0.2, 0.25) is 11.8 Å². The molecule has 0 fully saturated rings. The molecule has 0 aliphatic carbocycles. The van der Waals surface area contributed by atoms with E-state index >= 15 is 0 Å². The number of nitrogens with two attached hydrogens (primary N) is 1. The summed E-state index contributed by atoms with van der Waals surface area (Å²) >= 11 is 1.50. The van der Waals surface area contributed by atoms with Crippen molar-refractivity contribution in [2.24, 2.45) is 0 Å². The van der Waals surface area contributed by atoms with E-state index in [0.29, 0.717) is 30.9 Å². The summed E-state index contributed by atoms with van der Waals surface area (Å²) < 4.78 is 10.3. The molecule has 7 nitrogen and oxygen atoms in total. The first-order valence-electron chi connectivity index (χ1n) is 6.24. The molecule has 0 saturated heterocycles. The normalized spacial score (nSPS) is 10.4. The van der Waals surface area contributed by atoms with Crippen molar-refractivity contribution >= 4 is 29.2 Å². The highest BCUT2D eigenvalue weighted by molar-refractivity contribution is 7.98. The van der Waals surface area contributed by atoms with Crippen LogP contribution in [0.1, 0.15) is 0 Å². The molecular weight excluding hydrogens is 290 g/mol. The lowest BCUT2D eigenvalue weighted by Crippen LogP contribution is -2.05. The smallest absolute Gasteiger partial charge is 0.229 e. The van der Waals surface area contributed by atoms with Crippen molar-refractivity contribution in [1.29, 1.82) is 0 Å². The van der Waals surface area contributed by atoms with Gasteiger partial charge in [0.15, 0.2) is 0 Å². The minimum Gasteiger partial charge on any atom is -0.475 e. The number of aromatic nitrogens is 3. The second-order valence-electron chi connectivity index (χ2n) is 4.00. The zero-order valence-corrected chi connectivity index (χ0v) is 12.7. The predicted octanol–water partition coefficient (Wildman–Crippen LogP) is 1.94. The average molecular weight is 307 g/mol. The zero-order chi connectivity index (χ0) is 15.1. The molecule has 2 heterocycles. The van der Waals surface area contributed by atoms with Crippen LogP contribution in [0.4, 0.5) is 17.5 Å². The summed E-state index contributed by atoms with van der Waals surface area (Å²) in [6.45, 7) is 0.989. The fourth-order valence-corrected chi connectivity index (χ4v) is 1.91. The average Bonchev–Trinajstić information content (AvgIpc) is 2.49. The second kappa shape index (κ2) is 7.65. The summed E-state index contributed by atoms with van der Waals surface area (Å²) in [4.78, 5) is 13.4. The van der Waals surface area contributed by atoms with E-state index in [1.807, 2.05) is 12.3 Å². The highest BCUT2D eigenvalue weighted by Gasteiger charge is 2.04. The topological polar surface area (TPSA) is 95.2 Å². The minimum absolute atomic E-state index is 0.431. The van der Waals surface area contributed by atoms with Crippen molar-refractivity contribution < 1.29 is 9.47 Å². The number of thioether (sulfide) groups is 1. The fourth-order valence-electron chi connectivity index (χ4n) is 1.50. The van der Waals surface area contributed by atoms with Crippen LogP contribution in [-0.4, -0.2) is 41.5 Å². The number of pyridine rings is 1. The van der Waals surface area contributed by atoms with Crippen molar-refractivity contribution in [2.45, 2.75) is 4.90 Å². The summed E-state index contributed by atoms with van der Waals surface area (Å²) in [5.41, 5.74) is 6.57. The Morgan fingerprint density at radius 1 is 1.24 bits per heavy atom. The molecule has 8 heteroatoms. The van der Waals surface area contributed by atoms with E-state index in [1.54, 1.807) is 25.6 Å². The van der Waals surface area contributed by atoms with E-state index in [9.17, 15) is 0 Å². The van der Waals surface area contributed by atoms with E-state index in [0.717, 1.165) is 10.6 Å². The quantitative estimate of drug-likeness (QED) is 0.592. The Morgan fingerprint density at radius 2 is 2.10 bits per heavy atom. The molecule has 2 aromatic rings. The molecule has 0 spiro atoms. The molecule has 0 saturated carbocycles. The van der Waals surface area contributed by atoms with E-state index in [-0.39, 0.29) is 0 Å². The summed E-state index contributed by atoms with van der Waals surface area (Å²) in [5, 5.41) is 3.04. The van der Waals surface area contributed by atoms with E-state index in [1.165, 1.54) is 11.8 Å². The molecule has 0 aromatic carbocycles. The molecule has 0 aliphatic heterocycles. The van der Waals surface area contributed by atoms with Gasteiger partial charge >= 0.3 is 0 Å². The lowest BCUT2D eigenvalue weighted by molar-refractivity contribution is 0.144. The summed E-state index contributed by atoms with van der Waals surface area (Å²) in [6.07, 6.45) is 5.25. The second-order valence-corrected chi connectivity index (χ2v) is 4.85.